The average Bonchev–Trinajstić information content (AvgIpc) is 3.34. The zero-order chi connectivity index (χ0) is 27.6. The Hall–Kier alpha value is -1.57. The van der Waals surface area contributed by atoms with Crippen molar-refractivity contribution in [2.45, 2.75) is 181 Å². The lowest BCUT2D eigenvalue weighted by Gasteiger charge is -2.07. The summed E-state index contributed by atoms with van der Waals surface area (Å²) in [6.45, 7) is 6.95. The molecule has 2 rings (SSSR count). The van der Waals surface area contributed by atoms with Crippen LogP contribution in [-0.2, 0) is 25.9 Å². The molecule has 222 valence electrons. The number of unbranched alkanes of at least 4 members (excludes halogenated alkanes) is 19. The van der Waals surface area contributed by atoms with Crippen molar-refractivity contribution in [2.75, 3.05) is 0 Å². The van der Waals surface area contributed by atoms with Crippen LogP contribution in [0.2, 0.25) is 0 Å². The predicted molar refractivity (Wildman–Crippen MR) is 171 cm³/mol. The van der Waals surface area contributed by atoms with Gasteiger partial charge in [-0.25, -0.2) is 9.13 Å². The third kappa shape index (κ3) is 17.0. The molecule has 0 aliphatic rings. The molecule has 2 aromatic rings. The van der Waals surface area contributed by atoms with E-state index >= 15 is 0 Å². The van der Waals surface area contributed by atoms with Crippen LogP contribution in [0.4, 0.5) is 0 Å². The molecule has 0 atom stereocenters. The Morgan fingerprint density at radius 3 is 1.54 bits per heavy atom. The summed E-state index contributed by atoms with van der Waals surface area (Å²) < 4.78 is 5.14. The van der Waals surface area contributed by atoms with Crippen molar-refractivity contribution in [3.63, 3.8) is 0 Å². The molecule has 0 amide bonds. The van der Waals surface area contributed by atoms with Crippen molar-refractivity contribution < 1.29 is 4.57 Å². The first-order valence-electron chi connectivity index (χ1n) is 17.5. The van der Waals surface area contributed by atoms with Crippen LogP contribution in [0.15, 0.2) is 42.7 Å². The Morgan fingerprint density at radius 1 is 0.513 bits per heavy atom. The van der Waals surface area contributed by atoms with Crippen LogP contribution in [0.5, 0.6) is 0 Å². The Labute approximate surface area is 244 Å². The van der Waals surface area contributed by atoms with Gasteiger partial charge >= 0.3 is 0 Å². The number of hydrogen-bond donors (Lipinski definition) is 0. The molecule has 0 N–H and O–H groups in total. The van der Waals surface area contributed by atoms with Gasteiger partial charge < -0.3 is 0 Å². The number of imidazole rings is 1. The SMILES string of the molecule is CCCCCCCCCCCCCCCCCCCc1n(CCCCCC)cc[n+]1CCCc1ccccc1. The van der Waals surface area contributed by atoms with Crippen LogP contribution in [0, 0.1) is 0 Å². The first kappa shape index (κ1) is 33.6. The standard InChI is InChI=1S/C37H65N2/c1-3-5-7-9-10-11-12-13-14-15-16-17-18-19-20-21-25-31-37-38(32-26-8-6-4-2)34-35-39(37)33-27-30-36-28-23-22-24-29-36/h22-24,28-29,34-35H,3-21,25-27,30-33H2,1-2H3/q+1. The van der Waals surface area contributed by atoms with Gasteiger partial charge in [-0.05, 0) is 37.7 Å². The van der Waals surface area contributed by atoms with Crippen molar-refractivity contribution in [2.24, 2.45) is 0 Å². The van der Waals surface area contributed by atoms with Crippen molar-refractivity contribution >= 4 is 0 Å². The second kappa shape index (κ2) is 24.2. The van der Waals surface area contributed by atoms with Crippen LogP contribution in [0.1, 0.15) is 166 Å². The molecule has 0 saturated heterocycles. The minimum Gasteiger partial charge on any atom is -0.234 e. The molecule has 39 heavy (non-hydrogen) atoms. The summed E-state index contributed by atoms with van der Waals surface area (Å²) in [5, 5.41) is 0. The maximum Gasteiger partial charge on any atom is 0.256 e. The molecule has 0 unspecified atom stereocenters. The van der Waals surface area contributed by atoms with Gasteiger partial charge in [-0.3, -0.25) is 0 Å². The number of benzene rings is 1. The van der Waals surface area contributed by atoms with E-state index in [4.69, 9.17) is 0 Å². The second-order valence-electron chi connectivity index (χ2n) is 12.2. The summed E-state index contributed by atoms with van der Waals surface area (Å²) >= 11 is 0. The number of hydrogen-bond acceptors (Lipinski definition) is 0. The molecule has 0 radical (unpaired) electrons. The fourth-order valence-electron chi connectivity index (χ4n) is 6.01. The number of rotatable bonds is 27. The highest BCUT2D eigenvalue weighted by Crippen LogP contribution is 2.15. The summed E-state index contributed by atoms with van der Waals surface area (Å²) in [5.74, 6) is 1.57. The molecule has 0 saturated carbocycles. The van der Waals surface area contributed by atoms with Gasteiger partial charge in [0.2, 0.25) is 0 Å². The molecule has 0 bridgehead atoms. The van der Waals surface area contributed by atoms with Crippen molar-refractivity contribution in [1.29, 1.82) is 0 Å². The smallest absolute Gasteiger partial charge is 0.234 e. The zero-order valence-electron chi connectivity index (χ0n) is 26.3. The minimum atomic E-state index is 1.14. The van der Waals surface area contributed by atoms with Crippen LogP contribution >= 0.6 is 0 Å². The maximum absolute atomic E-state index is 2.57. The highest BCUT2D eigenvalue weighted by molar-refractivity contribution is 5.14. The second-order valence-corrected chi connectivity index (χ2v) is 12.2. The highest BCUT2D eigenvalue weighted by Gasteiger charge is 2.16. The van der Waals surface area contributed by atoms with Crippen molar-refractivity contribution in [3.8, 4) is 0 Å². The Bertz CT molecular complexity index is 778. The Balaban J connectivity index is 1.55. The molecule has 0 aliphatic carbocycles. The fourth-order valence-corrected chi connectivity index (χ4v) is 6.01. The minimum absolute atomic E-state index is 1.14. The lowest BCUT2D eigenvalue weighted by molar-refractivity contribution is -0.704. The van der Waals surface area contributed by atoms with Gasteiger partial charge in [-0.15, -0.1) is 0 Å². The largest absolute Gasteiger partial charge is 0.256 e. The third-order valence-electron chi connectivity index (χ3n) is 8.55. The van der Waals surface area contributed by atoms with Crippen LogP contribution in [0.25, 0.3) is 0 Å². The first-order valence-corrected chi connectivity index (χ1v) is 17.5. The molecule has 0 aliphatic heterocycles. The Morgan fingerprint density at radius 2 is 1.00 bits per heavy atom. The predicted octanol–water partition coefficient (Wildman–Crippen LogP) is 11.2. The molecule has 2 nitrogen and oxygen atoms in total. The van der Waals surface area contributed by atoms with E-state index in [2.05, 4.69) is 65.7 Å². The highest BCUT2D eigenvalue weighted by atomic mass is 15.1. The van der Waals surface area contributed by atoms with E-state index in [0.717, 1.165) is 6.54 Å². The van der Waals surface area contributed by atoms with Gasteiger partial charge in [0, 0.05) is 6.42 Å². The lowest BCUT2D eigenvalue weighted by atomic mass is 10.0. The van der Waals surface area contributed by atoms with E-state index in [1.807, 2.05) is 0 Å². The lowest BCUT2D eigenvalue weighted by Crippen LogP contribution is -2.37. The van der Waals surface area contributed by atoms with E-state index in [-0.39, 0.29) is 0 Å². The van der Waals surface area contributed by atoms with E-state index in [1.54, 1.807) is 5.82 Å². The average molecular weight is 538 g/mol. The number of aryl methyl sites for hydroxylation is 3. The van der Waals surface area contributed by atoms with Gasteiger partial charge in [-0.1, -0.05) is 160 Å². The van der Waals surface area contributed by atoms with E-state index in [0.29, 0.717) is 0 Å². The summed E-state index contributed by atoms with van der Waals surface area (Å²) in [5.41, 5.74) is 1.46. The quantitative estimate of drug-likeness (QED) is 0.0791. The topological polar surface area (TPSA) is 8.81 Å². The van der Waals surface area contributed by atoms with Crippen molar-refractivity contribution in [3.05, 3.63) is 54.1 Å². The molecular weight excluding hydrogens is 472 g/mol. The van der Waals surface area contributed by atoms with Crippen LogP contribution in [0.3, 0.4) is 0 Å². The van der Waals surface area contributed by atoms with Gasteiger partial charge in [-0.2, -0.15) is 0 Å². The molecule has 0 fully saturated rings. The molecule has 1 aromatic heterocycles. The molecular formula is C37H65N2+. The van der Waals surface area contributed by atoms with Gasteiger partial charge in [0.15, 0.2) is 0 Å². The maximum atomic E-state index is 2.57. The zero-order valence-corrected chi connectivity index (χ0v) is 26.3. The Kier molecular flexibility index (Phi) is 20.9. The van der Waals surface area contributed by atoms with E-state index in [1.165, 1.54) is 166 Å². The normalized spacial score (nSPS) is 11.4. The van der Waals surface area contributed by atoms with E-state index < -0.39 is 0 Å². The molecule has 0 spiro atoms. The summed E-state index contributed by atoms with van der Waals surface area (Å²) in [6.07, 6.45) is 38.2. The monoisotopic (exact) mass is 538 g/mol. The number of nitrogens with zero attached hydrogens (tertiary/aromatic N) is 2. The fraction of sp³-hybridized carbons (Fsp3) is 0.757. The molecule has 2 heteroatoms. The summed E-state index contributed by atoms with van der Waals surface area (Å²) in [4.78, 5) is 0. The third-order valence-corrected chi connectivity index (χ3v) is 8.55. The van der Waals surface area contributed by atoms with Gasteiger partial charge in [0.05, 0.1) is 13.1 Å². The van der Waals surface area contributed by atoms with Crippen LogP contribution in [-0.4, -0.2) is 4.57 Å². The van der Waals surface area contributed by atoms with Gasteiger partial charge in [0.1, 0.15) is 12.4 Å². The number of aromatic nitrogens is 2. The van der Waals surface area contributed by atoms with Gasteiger partial charge in [0.25, 0.3) is 5.82 Å². The first-order chi connectivity index (χ1) is 19.3. The van der Waals surface area contributed by atoms with E-state index in [9.17, 15) is 0 Å². The summed E-state index contributed by atoms with van der Waals surface area (Å²) in [7, 11) is 0. The molecule has 1 aromatic carbocycles. The summed E-state index contributed by atoms with van der Waals surface area (Å²) in [6, 6.07) is 11.0. The molecule has 1 heterocycles. The van der Waals surface area contributed by atoms with Crippen LogP contribution < -0.4 is 4.57 Å². The van der Waals surface area contributed by atoms with Crippen molar-refractivity contribution in [1.82, 2.24) is 4.57 Å².